The van der Waals surface area contributed by atoms with E-state index in [9.17, 15) is 13.2 Å². The van der Waals surface area contributed by atoms with E-state index in [1.54, 1.807) is 11.6 Å². The van der Waals surface area contributed by atoms with Crippen LogP contribution < -0.4 is 14.8 Å². The first-order valence-corrected chi connectivity index (χ1v) is 11.1. The molecular formula is C15H20N6O5S2. The number of nitrogens with zero attached hydrogens (tertiary/aromatic N) is 5. The molecule has 0 aromatic carbocycles. The predicted molar refractivity (Wildman–Crippen MR) is 102 cm³/mol. The first-order valence-electron chi connectivity index (χ1n) is 8.30. The molecule has 1 aliphatic heterocycles. The summed E-state index contributed by atoms with van der Waals surface area (Å²) in [5, 5.41) is 11.3. The van der Waals surface area contributed by atoms with Crippen LogP contribution >= 0.6 is 11.8 Å². The van der Waals surface area contributed by atoms with E-state index < -0.39 is 9.84 Å². The maximum Gasteiger partial charge on any atom is 0.237 e. The van der Waals surface area contributed by atoms with Gasteiger partial charge in [-0.2, -0.15) is 9.97 Å². The number of methoxy groups -OCH3 is 2. The van der Waals surface area contributed by atoms with Gasteiger partial charge in [0, 0.05) is 13.0 Å². The first-order chi connectivity index (χ1) is 13.3. The summed E-state index contributed by atoms with van der Waals surface area (Å²) in [5.41, 5.74) is 0. The molecule has 3 rings (SSSR count). The molecule has 0 unspecified atom stereocenters. The molecule has 0 bridgehead atoms. The molecule has 0 aliphatic carbocycles. The molecule has 3 heterocycles. The summed E-state index contributed by atoms with van der Waals surface area (Å²) in [4.78, 5) is 20.3. The average Bonchev–Trinajstić information content (AvgIpc) is 3.21. The van der Waals surface area contributed by atoms with Gasteiger partial charge in [-0.1, -0.05) is 11.8 Å². The first kappa shape index (κ1) is 20.3. The van der Waals surface area contributed by atoms with Crippen LogP contribution in [0.25, 0.3) is 0 Å². The number of rotatable bonds is 7. The van der Waals surface area contributed by atoms with Crippen molar-refractivity contribution in [2.75, 3.05) is 36.8 Å². The Kier molecular flexibility index (Phi) is 6.03. The van der Waals surface area contributed by atoms with E-state index in [0.717, 1.165) is 0 Å². The molecule has 13 heteroatoms. The van der Waals surface area contributed by atoms with E-state index in [1.807, 2.05) is 0 Å². The number of amides is 1. The van der Waals surface area contributed by atoms with Gasteiger partial charge in [0.25, 0.3) is 0 Å². The van der Waals surface area contributed by atoms with Gasteiger partial charge in [-0.05, 0) is 6.42 Å². The van der Waals surface area contributed by atoms with Crippen molar-refractivity contribution in [1.29, 1.82) is 0 Å². The minimum absolute atomic E-state index is 0.0534. The molecule has 152 valence electrons. The third kappa shape index (κ3) is 4.70. The molecule has 1 amide bonds. The van der Waals surface area contributed by atoms with Crippen LogP contribution in [0.3, 0.4) is 0 Å². The number of carbonyl (C=O) groups excluding carboxylic acids is 1. The lowest BCUT2D eigenvalue weighted by Gasteiger charge is -2.08. The van der Waals surface area contributed by atoms with E-state index in [0.29, 0.717) is 17.4 Å². The summed E-state index contributed by atoms with van der Waals surface area (Å²) < 4.78 is 35.1. The van der Waals surface area contributed by atoms with Gasteiger partial charge in [0.15, 0.2) is 15.0 Å². The molecule has 11 nitrogen and oxygen atoms in total. The summed E-state index contributed by atoms with van der Waals surface area (Å²) >= 11 is 1.18. The fraction of sp³-hybridized carbons (Fsp3) is 0.533. The molecule has 0 saturated carbocycles. The lowest BCUT2D eigenvalue weighted by atomic mass is 10.1. The number of sulfone groups is 1. The minimum atomic E-state index is -3.01. The van der Waals surface area contributed by atoms with Crippen LogP contribution in [0.1, 0.15) is 18.2 Å². The van der Waals surface area contributed by atoms with Gasteiger partial charge >= 0.3 is 0 Å². The Bertz CT molecular complexity index is 955. The molecule has 2 aromatic heterocycles. The fourth-order valence-electron chi connectivity index (χ4n) is 2.77. The topological polar surface area (TPSA) is 138 Å². The number of nitrogens with one attached hydrogen (secondary N) is 1. The van der Waals surface area contributed by atoms with E-state index in [4.69, 9.17) is 9.47 Å². The molecule has 2 aromatic rings. The molecule has 0 spiro atoms. The van der Waals surface area contributed by atoms with Crippen LogP contribution in [0.4, 0.5) is 5.95 Å². The van der Waals surface area contributed by atoms with Crippen LogP contribution in [0.2, 0.25) is 0 Å². The second-order valence-corrected chi connectivity index (χ2v) is 9.28. The predicted octanol–water partition coefficient (Wildman–Crippen LogP) is 0.255. The van der Waals surface area contributed by atoms with Crippen LogP contribution in [0.5, 0.6) is 11.8 Å². The van der Waals surface area contributed by atoms with Gasteiger partial charge in [-0.3, -0.25) is 10.1 Å². The lowest BCUT2D eigenvalue weighted by molar-refractivity contribution is -0.113. The smallest absolute Gasteiger partial charge is 0.237 e. The average molecular weight is 428 g/mol. The third-order valence-electron chi connectivity index (χ3n) is 4.15. The Morgan fingerprint density at radius 1 is 1.29 bits per heavy atom. The van der Waals surface area contributed by atoms with Gasteiger partial charge in [0.2, 0.25) is 23.6 Å². The van der Waals surface area contributed by atoms with E-state index >= 15 is 0 Å². The molecular weight excluding hydrogens is 408 g/mol. The number of carbonyl (C=O) groups is 1. The standard InChI is InChI=1S/C15H20N6O5S2/c1-21-13(9-4-5-28(23,24)8-9)19-20-15(21)27-7-10(22)16-14-17-11(25-2)6-12(18-14)26-3/h6,9H,4-5,7-8H2,1-3H3,(H,16,17,18,22)/t9-/m0/s1. The second-order valence-electron chi connectivity index (χ2n) is 6.11. The van der Waals surface area contributed by atoms with Gasteiger partial charge in [0.1, 0.15) is 5.82 Å². The van der Waals surface area contributed by atoms with E-state index in [-0.39, 0.29) is 46.8 Å². The van der Waals surface area contributed by atoms with Gasteiger partial charge in [-0.15, -0.1) is 10.2 Å². The van der Waals surface area contributed by atoms with Crippen molar-refractivity contribution in [3.8, 4) is 11.8 Å². The van der Waals surface area contributed by atoms with Crippen molar-refractivity contribution in [2.45, 2.75) is 17.5 Å². The van der Waals surface area contributed by atoms with Crippen LogP contribution in [-0.2, 0) is 21.7 Å². The number of aromatic nitrogens is 5. The zero-order valence-electron chi connectivity index (χ0n) is 15.6. The number of thioether (sulfide) groups is 1. The number of hydrogen-bond donors (Lipinski definition) is 1. The SMILES string of the molecule is COc1cc(OC)nc(NC(=O)CSc2nnc([C@H]3CCS(=O)(=O)C3)n2C)n1. The zero-order valence-corrected chi connectivity index (χ0v) is 17.2. The molecule has 1 N–H and O–H groups in total. The number of hydrogen-bond acceptors (Lipinski definition) is 10. The molecule has 1 atom stereocenters. The van der Waals surface area contributed by atoms with Crippen LogP contribution in [0.15, 0.2) is 11.2 Å². The quantitative estimate of drug-likeness (QED) is 0.611. The fourth-order valence-corrected chi connectivity index (χ4v) is 5.22. The van der Waals surface area contributed by atoms with Gasteiger partial charge in [0.05, 0.1) is 37.5 Å². The molecule has 1 aliphatic rings. The second kappa shape index (κ2) is 8.31. The molecule has 0 radical (unpaired) electrons. The Balaban J connectivity index is 1.61. The van der Waals surface area contributed by atoms with Crippen LogP contribution in [-0.4, -0.2) is 70.5 Å². The number of ether oxygens (including phenoxy) is 2. The van der Waals surface area contributed by atoms with E-state index in [2.05, 4.69) is 25.5 Å². The highest BCUT2D eigenvalue weighted by atomic mass is 32.2. The Labute approximate surface area is 166 Å². The summed E-state index contributed by atoms with van der Waals surface area (Å²) in [6, 6.07) is 1.49. The van der Waals surface area contributed by atoms with Gasteiger partial charge < -0.3 is 14.0 Å². The maximum absolute atomic E-state index is 12.2. The largest absolute Gasteiger partial charge is 0.481 e. The van der Waals surface area contributed by atoms with Crippen LogP contribution in [0, 0.1) is 0 Å². The number of anilines is 1. The normalized spacial score (nSPS) is 18.0. The highest BCUT2D eigenvalue weighted by Gasteiger charge is 2.32. The minimum Gasteiger partial charge on any atom is -0.481 e. The van der Waals surface area contributed by atoms with Crippen molar-refractivity contribution in [1.82, 2.24) is 24.7 Å². The summed E-state index contributed by atoms with van der Waals surface area (Å²) in [6.07, 6.45) is 0.536. The Morgan fingerprint density at radius 3 is 2.54 bits per heavy atom. The Morgan fingerprint density at radius 2 is 1.96 bits per heavy atom. The summed E-state index contributed by atoms with van der Waals surface area (Å²) in [7, 11) is 1.65. The zero-order chi connectivity index (χ0) is 20.3. The highest BCUT2D eigenvalue weighted by molar-refractivity contribution is 7.99. The third-order valence-corrected chi connectivity index (χ3v) is 6.94. The van der Waals surface area contributed by atoms with Crippen molar-refractivity contribution in [3.05, 3.63) is 11.9 Å². The van der Waals surface area contributed by atoms with Crippen molar-refractivity contribution < 1.29 is 22.7 Å². The monoisotopic (exact) mass is 428 g/mol. The Hall–Kier alpha value is -2.41. The summed E-state index contributed by atoms with van der Waals surface area (Å²) in [5.74, 6) is 1.01. The van der Waals surface area contributed by atoms with Crippen molar-refractivity contribution >= 4 is 33.5 Å². The van der Waals surface area contributed by atoms with Crippen molar-refractivity contribution in [2.24, 2.45) is 7.05 Å². The lowest BCUT2D eigenvalue weighted by Crippen LogP contribution is -2.17. The molecule has 1 fully saturated rings. The summed E-state index contributed by atoms with van der Waals surface area (Å²) in [6.45, 7) is 0. The molecule has 28 heavy (non-hydrogen) atoms. The van der Waals surface area contributed by atoms with Gasteiger partial charge in [-0.25, -0.2) is 8.42 Å². The molecule has 1 saturated heterocycles. The highest BCUT2D eigenvalue weighted by Crippen LogP contribution is 2.29. The van der Waals surface area contributed by atoms with E-state index in [1.165, 1.54) is 32.0 Å². The van der Waals surface area contributed by atoms with Crippen molar-refractivity contribution in [3.63, 3.8) is 0 Å². The maximum atomic E-state index is 12.2.